The van der Waals surface area contributed by atoms with E-state index >= 15 is 0 Å². The lowest BCUT2D eigenvalue weighted by atomic mass is 10.2. The molecule has 2 aromatic carbocycles. The van der Waals surface area contributed by atoms with E-state index in [1.54, 1.807) is 26.2 Å². The third-order valence-corrected chi connectivity index (χ3v) is 5.88. The predicted molar refractivity (Wildman–Crippen MR) is 124 cm³/mol. The number of carbonyl (C=O) groups excluding carboxylic acids is 1. The van der Waals surface area contributed by atoms with E-state index < -0.39 is 6.10 Å². The molecule has 1 saturated heterocycles. The van der Waals surface area contributed by atoms with E-state index in [9.17, 15) is 4.79 Å². The fraction of sp³-hybridized carbons (Fsp3) is 0.375. The van der Waals surface area contributed by atoms with E-state index in [4.69, 9.17) is 25.6 Å². The Balaban J connectivity index is 1.28. The summed E-state index contributed by atoms with van der Waals surface area (Å²) in [6.45, 7) is 6.91. The van der Waals surface area contributed by atoms with E-state index in [0.29, 0.717) is 42.1 Å². The Kier molecular flexibility index (Phi) is 7.15. The molecule has 0 saturated carbocycles. The molecule has 33 heavy (non-hydrogen) atoms. The number of ether oxygens (including phenoxy) is 2. The Morgan fingerprint density at radius 2 is 1.88 bits per heavy atom. The molecule has 1 unspecified atom stereocenters. The summed E-state index contributed by atoms with van der Waals surface area (Å²) in [5, 5.41) is 4.73. The molecule has 1 aromatic heterocycles. The summed E-state index contributed by atoms with van der Waals surface area (Å²) in [6, 6.07) is 12.9. The van der Waals surface area contributed by atoms with Crippen LogP contribution in [0.2, 0.25) is 5.02 Å². The van der Waals surface area contributed by atoms with Crippen molar-refractivity contribution in [1.82, 2.24) is 19.9 Å². The SMILES string of the molecule is COc1ccc(-c2noc(CN3CCN(C(=O)C(C)Oc4ccc(Cl)cc4C)CC3)n2)cc1. The van der Waals surface area contributed by atoms with Gasteiger partial charge in [-0.1, -0.05) is 16.8 Å². The Hall–Kier alpha value is -3.10. The van der Waals surface area contributed by atoms with Crippen LogP contribution < -0.4 is 9.47 Å². The smallest absolute Gasteiger partial charge is 0.263 e. The number of aromatic nitrogens is 2. The first-order valence-electron chi connectivity index (χ1n) is 10.8. The minimum absolute atomic E-state index is 0.0245. The van der Waals surface area contributed by atoms with Crippen LogP contribution in [0, 0.1) is 6.92 Å². The quantitative estimate of drug-likeness (QED) is 0.519. The molecule has 1 amide bonds. The number of amides is 1. The number of carbonyl (C=O) groups is 1. The van der Waals surface area contributed by atoms with Gasteiger partial charge in [0.1, 0.15) is 11.5 Å². The monoisotopic (exact) mass is 470 g/mol. The van der Waals surface area contributed by atoms with Gasteiger partial charge < -0.3 is 18.9 Å². The molecule has 0 bridgehead atoms. The van der Waals surface area contributed by atoms with Gasteiger partial charge in [-0.3, -0.25) is 9.69 Å². The van der Waals surface area contributed by atoms with Gasteiger partial charge in [0.05, 0.1) is 13.7 Å². The third-order valence-electron chi connectivity index (χ3n) is 5.65. The molecule has 1 aliphatic rings. The van der Waals surface area contributed by atoms with E-state index in [2.05, 4.69) is 15.0 Å². The lowest BCUT2D eigenvalue weighted by Gasteiger charge is -2.35. The molecular formula is C24H27ClN4O4. The van der Waals surface area contributed by atoms with Crippen molar-refractivity contribution in [3.63, 3.8) is 0 Å². The average Bonchev–Trinajstić information content (AvgIpc) is 3.29. The average molecular weight is 471 g/mol. The fourth-order valence-electron chi connectivity index (χ4n) is 3.74. The summed E-state index contributed by atoms with van der Waals surface area (Å²) in [5.74, 6) is 2.52. The lowest BCUT2D eigenvalue weighted by Crippen LogP contribution is -2.51. The maximum absolute atomic E-state index is 12.9. The van der Waals surface area contributed by atoms with Gasteiger partial charge in [0, 0.05) is 36.8 Å². The molecule has 4 rings (SSSR count). The Labute approximate surface area is 198 Å². The largest absolute Gasteiger partial charge is 0.497 e. The molecule has 2 heterocycles. The molecule has 174 valence electrons. The second-order valence-electron chi connectivity index (χ2n) is 8.01. The summed E-state index contributed by atoms with van der Waals surface area (Å²) >= 11 is 6.00. The van der Waals surface area contributed by atoms with Crippen LogP contribution in [0.4, 0.5) is 0 Å². The molecule has 1 fully saturated rings. The maximum atomic E-state index is 12.9. The number of rotatable bonds is 7. The van der Waals surface area contributed by atoms with Crippen LogP contribution >= 0.6 is 11.6 Å². The van der Waals surface area contributed by atoms with Crippen LogP contribution in [0.1, 0.15) is 18.4 Å². The van der Waals surface area contributed by atoms with E-state index in [-0.39, 0.29) is 5.91 Å². The Morgan fingerprint density at radius 1 is 1.15 bits per heavy atom. The van der Waals surface area contributed by atoms with E-state index in [1.165, 1.54) is 0 Å². The number of aryl methyl sites for hydroxylation is 1. The van der Waals surface area contributed by atoms with E-state index in [1.807, 2.05) is 42.2 Å². The highest BCUT2D eigenvalue weighted by atomic mass is 35.5. The van der Waals surface area contributed by atoms with Gasteiger partial charge in [-0.2, -0.15) is 4.98 Å². The van der Waals surface area contributed by atoms with Crippen LogP contribution in [0.3, 0.4) is 0 Å². The Bertz CT molecular complexity index is 1090. The van der Waals surface area contributed by atoms with Crippen molar-refractivity contribution in [1.29, 1.82) is 0 Å². The molecule has 0 spiro atoms. The number of methoxy groups -OCH3 is 1. The molecule has 8 nitrogen and oxygen atoms in total. The van der Waals surface area contributed by atoms with Crippen LogP contribution in [0.15, 0.2) is 47.0 Å². The number of hydrogen-bond acceptors (Lipinski definition) is 7. The lowest BCUT2D eigenvalue weighted by molar-refractivity contribution is -0.139. The van der Waals surface area contributed by atoms with Crippen LogP contribution in [-0.2, 0) is 11.3 Å². The maximum Gasteiger partial charge on any atom is 0.263 e. The van der Waals surface area contributed by atoms with Crippen molar-refractivity contribution >= 4 is 17.5 Å². The highest BCUT2D eigenvalue weighted by Gasteiger charge is 2.27. The highest BCUT2D eigenvalue weighted by molar-refractivity contribution is 6.30. The molecule has 9 heteroatoms. The van der Waals surface area contributed by atoms with Crippen LogP contribution in [0.5, 0.6) is 11.5 Å². The first-order valence-corrected chi connectivity index (χ1v) is 11.2. The van der Waals surface area contributed by atoms with Crippen molar-refractivity contribution < 1.29 is 18.8 Å². The van der Waals surface area contributed by atoms with Gasteiger partial charge in [-0.05, 0) is 61.9 Å². The Morgan fingerprint density at radius 3 is 2.55 bits per heavy atom. The molecule has 1 atom stereocenters. The topological polar surface area (TPSA) is 80.9 Å². The van der Waals surface area contributed by atoms with Gasteiger partial charge in [0.2, 0.25) is 11.7 Å². The molecule has 0 aliphatic carbocycles. The minimum Gasteiger partial charge on any atom is -0.497 e. The number of halogens is 1. The predicted octanol–water partition coefficient (Wildman–Crippen LogP) is 3.82. The summed E-state index contributed by atoms with van der Waals surface area (Å²) in [6.07, 6.45) is -0.570. The molecule has 3 aromatic rings. The summed E-state index contributed by atoms with van der Waals surface area (Å²) in [4.78, 5) is 21.4. The van der Waals surface area contributed by atoms with Crippen molar-refractivity contribution in [2.75, 3.05) is 33.3 Å². The highest BCUT2D eigenvalue weighted by Crippen LogP contribution is 2.24. The molecule has 0 radical (unpaired) electrons. The van der Waals surface area contributed by atoms with Gasteiger partial charge in [-0.15, -0.1) is 0 Å². The minimum atomic E-state index is -0.570. The number of hydrogen-bond donors (Lipinski definition) is 0. The van der Waals surface area contributed by atoms with Gasteiger partial charge in [0.15, 0.2) is 6.10 Å². The van der Waals surface area contributed by atoms with Crippen LogP contribution in [-0.4, -0.2) is 65.2 Å². The number of benzene rings is 2. The summed E-state index contributed by atoms with van der Waals surface area (Å²) in [7, 11) is 1.63. The third kappa shape index (κ3) is 5.64. The van der Waals surface area contributed by atoms with Gasteiger partial charge in [-0.25, -0.2) is 0 Å². The number of piperazine rings is 1. The van der Waals surface area contributed by atoms with Crippen molar-refractivity contribution in [3.05, 3.63) is 58.9 Å². The first kappa shape index (κ1) is 23.1. The zero-order valence-electron chi connectivity index (χ0n) is 19.0. The normalized spacial score (nSPS) is 15.3. The van der Waals surface area contributed by atoms with Gasteiger partial charge >= 0.3 is 0 Å². The number of nitrogens with zero attached hydrogens (tertiary/aromatic N) is 4. The second kappa shape index (κ2) is 10.2. The molecular weight excluding hydrogens is 444 g/mol. The zero-order valence-corrected chi connectivity index (χ0v) is 19.7. The van der Waals surface area contributed by atoms with Crippen molar-refractivity contribution in [2.45, 2.75) is 26.5 Å². The van der Waals surface area contributed by atoms with Crippen molar-refractivity contribution in [2.24, 2.45) is 0 Å². The fourth-order valence-corrected chi connectivity index (χ4v) is 3.96. The second-order valence-corrected chi connectivity index (χ2v) is 8.45. The molecule has 1 aliphatic heterocycles. The first-order chi connectivity index (χ1) is 15.9. The zero-order chi connectivity index (χ0) is 23.4. The van der Waals surface area contributed by atoms with Crippen molar-refractivity contribution in [3.8, 4) is 22.9 Å². The summed E-state index contributed by atoms with van der Waals surface area (Å²) < 4.78 is 16.5. The molecule has 0 N–H and O–H groups in total. The van der Waals surface area contributed by atoms with E-state index in [0.717, 1.165) is 30.0 Å². The summed E-state index contributed by atoms with van der Waals surface area (Å²) in [5.41, 5.74) is 1.77. The van der Waals surface area contributed by atoms with Gasteiger partial charge in [0.25, 0.3) is 5.91 Å². The van der Waals surface area contributed by atoms with Crippen LogP contribution in [0.25, 0.3) is 11.4 Å². The standard InChI is InChI=1S/C24H27ClN4O4/c1-16-14-19(25)6-9-21(16)32-17(2)24(30)29-12-10-28(11-13-29)15-22-26-23(27-33-22)18-4-7-20(31-3)8-5-18/h4-9,14,17H,10-13,15H2,1-3H3.